The summed E-state index contributed by atoms with van der Waals surface area (Å²) in [5.41, 5.74) is 2.15. The summed E-state index contributed by atoms with van der Waals surface area (Å²) in [6.45, 7) is 7.15. The monoisotopic (exact) mass is 274 g/mol. The molecule has 1 aliphatic rings. The summed E-state index contributed by atoms with van der Waals surface area (Å²) in [7, 11) is 0. The minimum Gasteiger partial charge on any atom is -0.378 e. The van der Waals surface area contributed by atoms with E-state index in [1.807, 2.05) is 17.6 Å². The van der Waals surface area contributed by atoms with E-state index in [4.69, 9.17) is 4.74 Å². The van der Waals surface area contributed by atoms with E-state index in [0.29, 0.717) is 18.1 Å². The maximum Gasteiger partial charge on any atom is 0.152 e. The number of nitrogens with zero attached hydrogens (tertiary/aromatic N) is 3. The zero-order valence-electron chi connectivity index (χ0n) is 12.3. The van der Waals surface area contributed by atoms with Gasteiger partial charge in [-0.05, 0) is 31.7 Å². The van der Waals surface area contributed by atoms with Crippen molar-refractivity contribution in [1.29, 1.82) is 0 Å². The molecule has 5 heteroatoms. The Bertz CT molecular complexity index is 587. The lowest BCUT2D eigenvalue weighted by Gasteiger charge is -2.35. The van der Waals surface area contributed by atoms with Crippen LogP contribution >= 0.6 is 0 Å². The Balaban J connectivity index is 1.75. The molecule has 0 saturated heterocycles. The standard InChI is InChI=1S/C15H22N4O/c1-4-20-12-7-11(8-12)17-15-14-9-13(10(2)3)18-19(14)6-5-16-15/h5-6,9-12H,4,7-8H2,1-3H3,(H,16,17). The molecule has 0 spiro atoms. The van der Waals surface area contributed by atoms with Crippen molar-refractivity contribution < 1.29 is 4.74 Å². The number of fused-ring (bicyclic) bond motifs is 1. The van der Waals surface area contributed by atoms with Crippen molar-refractivity contribution in [3.63, 3.8) is 0 Å². The summed E-state index contributed by atoms with van der Waals surface area (Å²) in [6.07, 6.45) is 6.22. The normalized spacial score (nSPS) is 22.2. The second-order valence-electron chi connectivity index (χ2n) is 5.72. The first kappa shape index (κ1) is 13.4. The first-order chi connectivity index (χ1) is 9.67. The van der Waals surface area contributed by atoms with Gasteiger partial charge in [0.15, 0.2) is 5.82 Å². The molecule has 3 rings (SSSR count). The number of rotatable bonds is 5. The van der Waals surface area contributed by atoms with Gasteiger partial charge in [-0.2, -0.15) is 5.10 Å². The second kappa shape index (κ2) is 5.40. The molecular weight excluding hydrogens is 252 g/mol. The van der Waals surface area contributed by atoms with Gasteiger partial charge in [0.05, 0.1) is 11.8 Å². The van der Waals surface area contributed by atoms with Crippen molar-refractivity contribution >= 4 is 11.3 Å². The van der Waals surface area contributed by atoms with Gasteiger partial charge in [0.1, 0.15) is 5.52 Å². The van der Waals surface area contributed by atoms with Gasteiger partial charge in [-0.25, -0.2) is 9.50 Å². The molecule has 1 fully saturated rings. The molecule has 2 aromatic rings. The van der Waals surface area contributed by atoms with E-state index in [1.54, 1.807) is 6.20 Å². The Morgan fingerprint density at radius 1 is 1.45 bits per heavy atom. The Kier molecular flexibility index (Phi) is 3.61. The molecular formula is C15H22N4O. The molecule has 2 aromatic heterocycles. The fourth-order valence-corrected chi connectivity index (χ4v) is 2.58. The highest BCUT2D eigenvalue weighted by molar-refractivity contribution is 5.68. The Morgan fingerprint density at radius 3 is 2.95 bits per heavy atom. The third-order valence-corrected chi connectivity index (χ3v) is 3.84. The first-order valence-corrected chi connectivity index (χ1v) is 7.39. The molecule has 0 radical (unpaired) electrons. The molecule has 1 N–H and O–H groups in total. The van der Waals surface area contributed by atoms with Crippen LogP contribution in [-0.2, 0) is 4.74 Å². The van der Waals surface area contributed by atoms with E-state index >= 15 is 0 Å². The second-order valence-corrected chi connectivity index (χ2v) is 5.72. The molecule has 2 heterocycles. The topological polar surface area (TPSA) is 51.5 Å². The van der Waals surface area contributed by atoms with Crippen molar-refractivity contribution in [3.8, 4) is 0 Å². The van der Waals surface area contributed by atoms with E-state index in [9.17, 15) is 0 Å². The van der Waals surface area contributed by atoms with Gasteiger partial charge in [0.25, 0.3) is 0 Å². The van der Waals surface area contributed by atoms with Crippen molar-refractivity contribution in [1.82, 2.24) is 14.6 Å². The smallest absolute Gasteiger partial charge is 0.152 e. The van der Waals surface area contributed by atoms with E-state index in [0.717, 1.165) is 36.5 Å². The maximum absolute atomic E-state index is 5.59. The molecule has 5 nitrogen and oxygen atoms in total. The average molecular weight is 274 g/mol. The van der Waals surface area contributed by atoms with Gasteiger partial charge in [0.2, 0.25) is 0 Å². The van der Waals surface area contributed by atoms with Crippen LogP contribution in [0.2, 0.25) is 0 Å². The quantitative estimate of drug-likeness (QED) is 0.911. The zero-order chi connectivity index (χ0) is 14.1. The van der Waals surface area contributed by atoms with Crippen molar-refractivity contribution in [2.75, 3.05) is 11.9 Å². The highest BCUT2D eigenvalue weighted by Gasteiger charge is 2.30. The molecule has 0 bridgehead atoms. The molecule has 0 amide bonds. The van der Waals surface area contributed by atoms with Crippen molar-refractivity contribution in [3.05, 3.63) is 24.2 Å². The molecule has 0 aromatic carbocycles. The minimum absolute atomic E-state index is 0.411. The highest BCUT2D eigenvalue weighted by Crippen LogP contribution is 2.28. The van der Waals surface area contributed by atoms with Gasteiger partial charge in [-0.3, -0.25) is 0 Å². The third-order valence-electron chi connectivity index (χ3n) is 3.84. The van der Waals surface area contributed by atoms with Crippen molar-refractivity contribution in [2.45, 2.75) is 51.7 Å². The minimum atomic E-state index is 0.411. The van der Waals surface area contributed by atoms with Gasteiger partial charge in [0, 0.05) is 25.0 Å². The molecule has 0 atom stereocenters. The first-order valence-electron chi connectivity index (χ1n) is 7.39. The van der Waals surface area contributed by atoms with Gasteiger partial charge in [-0.1, -0.05) is 13.8 Å². The number of nitrogens with one attached hydrogen (secondary N) is 1. The predicted molar refractivity (Wildman–Crippen MR) is 79.1 cm³/mol. The van der Waals surface area contributed by atoms with Crippen LogP contribution in [0.15, 0.2) is 18.5 Å². The van der Waals surface area contributed by atoms with Crippen LogP contribution in [0.1, 0.15) is 45.2 Å². The van der Waals surface area contributed by atoms with Crippen LogP contribution in [0.5, 0.6) is 0 Å². The Hall–Kier alpha value is -1.62. The van der Waals surface area contributed by atoms with Gasteiger partial charge >= 0.3 is 0 Å². The summed E-state index contributed by atoms with van der Waals surface area (Å²) in [4.78, 5) is 4.46. The van der Waals surface area contributed by atoms with Crippen LogP contribution in [-0.4, -0.2) is 33.4 Å². The van der Waals surface area contributed by atoms with Crippen LogP contribution in [0.3, 0.4) is 0 Å². The summed E-state index contributed by atoms with van der Waals surface area (Å²) in [5, 5.41) is 8.09. The number of anilines is 1. The number of ether oxygens (including phenoxy) is 1. The van der Waals surface area contributed by atoms with E-state index in [1.165, 1.54) is 0 Å². The molecule has 0 aliphatic heterocycles. The van der Waals surface area contributed by atoms with Crippen LogP contribution in [0, 0.1) is 0 Å². The predicted octanol–water partition coefficient (Wildman–Crippen LogP) is 2.83. The largest absolute Gasteiger partial charge is 0.378 e. The zero-order valence-corrected chi connectivity index (χ0v) is 12.3. The SMILES string of the molecule is CCOC1CC(Nc2nccn3nc(C(C)C)cc23)C1. The van der Waals surface area contributed by atoms with Crippen LogP contribution in [0.4, 0.5) is 5.82 Å². The summed E-state index contributed by atoms with van der Waals surface area (Å²) < 4.78 is 7.50. The molecule has 20 heavy (non-hydrogen) atoms. The third kappa shape index (κ3) is 2.50. The van der Waals surface area contributed by atoms with E-state index in [2.05, 4.69) is 35.3 Å². The number of hydrogen-bond donors (Lipinski definition) is 1. The summed E-state index contributed by atoms with van der Waals surface area (Å²) in [5.74, 6) is 1.35. The fourth-order valence-electron chi connectivity index (χ4n) is 2.58. The van der Waals surface area contributed by atoms with Gasteiger partial charge in [-0.15, -0.1) is 0 Å². The van der Waals surface area contributed by atoms with E-state index < -0.39 is 0 Å². The average Bonchev–Trinajstić information content (AvgIpc) is 2.81. The molecule has 0 unspecified atom stereocenters. The Morgan fingerprint density at radius 2 is 2.25 bits per heavy atom. The van der Waals surface area contributed by atoms with Crippen LogP contribution in [0.25, 0.3) is 5.52 Å². The lowest BCUT2D eigenvalue weighted by molar-refractivity contribution is 0.00294. The lowest BCUT2D eigenvalue weighted by atomic mass is 9.89. The molecule has 1 saturated carbocycles. The van der Waals surface area contributed by atoms with Gasteiger partial charge < -0.3 is 10.1 Å². The maximum atomic E-state index is 5.59. The Labute approximate surface area is 119 Å². The summed E-state index contributed by atoms with van der Waals surface area (Å²) in [6, 6.07) is 2.58. The molecule has 108 valence electrons. The lowest BCUT2D eigenvalue weighted by Crippen LogP contribution is -2.41. The number of aromatic nitrogens is 3. The fraction of sp³-hybridized carbons (Fsp3) is 0.600. The van der Waals surface area contributed by atoms with Crippen molar-refractivity contribution in [2.24, 2.45) is 0 Å². The van der Waals surface area contributed by atoms with Crippen LogP contribution < -0.4 is 5.32 Å². The van der Waals surface area contributed by atoms with E-state index in [-0.39, 0.29) is 0 Å². The summed E-state index contributed by atoms with van der Waals surface area (Å²) >= 11 is 0. The molecule has 1 aliphatic carbocycles. The highest BCUT2D eigenvalue weighted by atomic mass is 16.5. The number of hydrogen-bond acceptors (Lipinski definition) is 4.